The molecule has 16 nitrogen and oxygen atoms in total. The topological polar surface area (TPSA) is 195 Å². The zero-order chi connectivity index (χ0) is 44.1. The van der Waals surface area contributed by atoms with Crippen LogP contribution in [0.4, 0.5) is 66.4 Å². The highest BCUT2D eigenvalue weighted by Crippen LogP contribution is 2.26. The first kappa shape index (κ1) is 45.1. The number of methoxy groups -OCH3 is 2. The average molecular weight is 847 g/mol. The summed E-state index contributed by atoms with van der Waals surface area (Å²) < 4.78 is 49.4. The summed E-state index contributed by atoms with van der Waals surface area (Å²) in [6.45, 7) is 8.74. The molecular formula is C44H44F2N10O6. The predicted octanol–water partition coefficient (Wildman–Crippen LogP) is 8.51. The third-order valence-corrected chi connectivity index (χ3v) is 7.98. The number of carbonyl (C=O) groups is 2. The van der Waals surface area contributed by atoms with Crippen LogP contribution < -0.4 is 41.4 Å². The van der Waals surface area contributed by atoms with Crippen molar-refractivity contribution in [2.45, 2.75) is 0 Å². The Labute approximate surface area is 356 Å². The number of aromatic nitrogens is 4. The predicted molar refractivity (Wildman–Crippen MR) is 235 cm³/mol. The fraction of sp³-hybridized carbons (Fsp3) is 0.136. The van der Waals surface area contributed by atoms with Crippen molar-refractivity contribution in [1.82, 2.24) is 19.9 Å². The molecule has 0 spiro atoms. The molecule has 0 aliphatic rings. The van der Waals surface area contributed by atoms with E-state index in [1.54, 1.807) is 111 Å². The maximum absolute atomic E-state index is 14.2. The lowest BCUT2D eigenvalue weighted by atomic mass is 10.2. The van der Waals surface area contributed by atoms with E-state index in [2.05, 4.69) is 65.0 Å². The Morgan fingerprint density at radius 1 is 0.548 bits per heavy atom. The van der Waals surface area contributed by atoms with Gasteiger partial charge in [-0.2, -0.15) is 9.97 Å². The largest absolute Gasteiger partial charge is 0.491 e. The molecule has 2 heterocycles. The quantitative estimate of drug-likeness (QED) is 0.0316. The summed E-state index contributed by atoms with van der Waals surface area (Å²) in [6, 6.07) is 28.0. The second kappa shape index (κ2) is 23.6. The molecule has 0 aliphatic carbocycles. The summed E-state index contributed by atoms with van der Waals surface area (Å²) in [5, 5.41) is 17.1. The third-order valence-electron chi connectivity index (χ3n) is 7.98. The Hall–Kier alpha value is -7.96. The standard InChI is InChI=1S/2C22H22FN5O3/c2*1-3-20(29)25-16-5-4-6-17(13-16)26-21-19(23)14-24-22(28-21)27-15-7-9-18(10-8-15)31-12-11-30-2/h2*3-10,13-14H,1,11-12H2,2H3,(H,25,29)(H2,24,26,27,28). The number of halogens is 2. The Bertz CT molecular complexity index is 2260. The van der Waals surface area contributed by atoms with Crippen LogP contribution in [0.1, 0.15) is 0 Å². The molecule has 0 fully saturated rings. The fourth-order valence-corrected chi connectivity index (χ4v) is 5.05. The van der Waals surface area contributed by atoms with Crippen molar-refractivity contribution in [2.75, 3.05) is 72.5 Å². The maximum atomic E-state index is 14.2. The molecule has 18 heteroatoms. The number of hydrogen-bond donors (Lipinski definition) is 6. The first-order valence-corrected chi connectivity index (χ1v) is 18.8. The van der Waals surface area contributed by atoms with Gasteiger partial charge >= 0.3 is 0 Å². The molecule has 2 amide bonds. The lowest BCUT2D eigenvalue weighted by Crippen LogP contribution is -2.07. The van der Waals surface area contributed by atoms with Gasteiger partial charge in [0.2, 0.25) is 23.7 Å². The van der Waals surface area contributed by atoms with Crippen molar-refractivity contribution in [3.63, 3.8) is 0 Å². The van der Waals surface area contributed by atoms with Crippen molar-refractivity contribution in [3.05, 3.63) is 146 Å². The minimum atomic E-state index is -0.618. The summed E-state index contributed by atoms with van der Waals surface area (Å²) in [5.74, 6) is -0.101. The number of ether oxygens (including phenoxy) is 4. The molecule has 0 aliphatic heterocycles. The number of nitrogens with zero attached hydrogens (tertiary/aromatic N) is 4. The molecule has 0 saturated heterocycles. The molecule has 4 aromatic carbocycles. The highest BCUT2D eigenvalue weighted by molar-refractivity contribution is 5.99. The van der Waals surface area contributed by atoms with Crippen molar-refractivity contribution >= 4 is 69.5 Å². The van der Waals surface area contributed by atoms with Crippen LogP contribution in [0.3, 0.4) is 0 Å². The van der Waals surface area contributed by atoms with Crippen LogP contribution in [0.25, 0.3) is 0 Å². The van der Waals surface area contributed by atoms with Crippen molar-refractivity contribution in [2.24, 2.45) is 0 Å². The number of rotatable bonds is 20. The summed E-state index contributed by atoms with van der Waals surface area (Å²) in [7, 11) is 3.22. The van der Waals surface area contributed by atoms with Gasteiger partial charge in [0.15, 0.2) is 23.3 Å². The summed E-state index contributed by atoms with van der Waals surface area (Å²) in [5.41, 5.74) is 3.59. The molecule has 0 unspecified atom stereocenters. The summed E-state index contributed by atoms with van der Waals surface area (Å²) in [4.78, 5) is 39.3. The van der Waals surface area contributed by atoms with E-state index in [-0.39, 0.29) is 35.3 Å². The Balaban J connectivity index is 0.000000234. The van der Waals surface area contributed by atoms with Gasteiger partial charge in [0, 0.05) is 48.3 Å². The maximum Gasteiger partial charge on any atom is 0.247 e. The SMILES string of the molecule is C=CC(=O)Nc1cccc(Nc2nc(Nc3ccc(OCCOC)cc3)ncc2F)c1.C=CC(=O)Nc1cccc(Nc2nc(Nc3ccc(OCCOC)cc3)ncc2F)c1. The molecule has 6 aromatic rings. The molecule has 0 radical (unpaired) electrons. The number of amides is 2. The first-order chi connectivity index (χ1) is 30.1. The number of carbonyl (C=O) groups excluding carboxylic acids is 2. The Morgan fingerprint density at radius 3 is 1.31 bits per heavy atom. The molecule has 0 atom stereocenters. The van der Waals surface area contributed by atoms with E-state index in [1.165, 1.54) is 12.2 Å². The average Bonchev–Trinajstić information content (AvgIpc) is 3.28. The fourth-order valence-electron chi connectivity index (χ4n) is 5.05. The third kappa shape index (κ3) is 14.7. The Morgan fingerprint density at radius 2 is 0.935 bits per heavy atom. The highest BCUT2D eigenvalue weighted by atomic mass is 19.1. The van der Waals surface area contributed by atoms with E-state index < -0.39 is 11.6 Å². The van der Waals surface area contributed by atoms with Gasteiger partial charge in [-0.15, -0.1) is 0 Å². The molecule has 62 heavy (non-hydrogen) atoms. The number of benzene rings is 4. The highest BCUT2D eigenvalue weighted by Gasteiger charge is 2.11. The monoisotopic (exact) mass is 846 g/mol. The van der Waals surface area contributed by atoms with Crippen LogP contribution >= 0.6 is 0 Å². The number of anilines is 10. The number of hydrogen-bond acceptors (Lipinski definition) is 14. The van der Waals surface area contributed by atoms with Gasteiger partial charge < -0.3 is 50.8 Å². The lowest BCUT2D eigenvalue weighted by molar-refractivity contribution is -0.112. The van der Waals surface area contributed by atoms with E-state index in [4.69, 9.17) is 18.9 Å². The van der Waals surface area contributed by atoms with Crippen molar-refractivity contribution in [1.29, 1.82) is 0 Å². The minimum absolute atomic E-state index is 0.00998. The first-order valence-electron chi connectivity index (χ1n) is 18.8. The van der Waals surface area contributed by atoms with Crippen LogP contribution in [0.15, 0.2) is 135 Å². The lowest BCUT2D eigenvalue weighted by Gasteiger charge is -2.11. The van der Waals surface area contributed by atoms with E-state index in [0.717, 1.165) is 12.4 Å². The number of nitrogens with one attached hydrogen (secondary N) is 6. The second-order valence-electron chi connectivity index (χ2n) is 12.6. The van der Waals surface area contributed by atoms with Gasteiger partial charge in [-0.1, -0.05) is 25.3 Å². The molecule has 0 saturated carbocycles. The van der Waals surface area contributed by atoms with E-state index in [0.29, 0.717) is 72.1 Å². The van der Waals surface area contributed by atoms with Gasteiger partial charge in [-0.25, -0.2) is 18.7 Å². The molecular weight excluding hydrogens is 803 g/mol. The molecule has 2 aromatic heterocycles. The Kier molecular flexibility index (Phi) is 17.2. The normalized spacial score (nSPS) is 10.3. The molecule has 320 valence electrons. The van der Waals surface area contributed by atoms with Crippen molar-refractivity contribution < 1.29 is 37.3 Å². The zero-order valence-electron chi connectivity index (χ0n) is 33.8. The zero-order valence-corrected chi connectivity index (χ0v) is 33.8. The second-order valence-corrected chi connectivity index (χ2v) is 12.6. The van der Waals surface area contributed by atoms with Crippen LogP contribution in [0, 0.1) is 11.6 Å². The molecule has 0 bridgehead atoms. The molecule has 6 N–H and O–H groups in total. The van der Waals surface area contributed by atoms with E-state index >= 15 is 0 Å². The van der Waals surface area contributed by atoms with E-state index in [1.807, 2.05) is 0 Å². The van der Waals surface area contributed by atoms with Crippen molar-refractivity contribution in [3.8, 4) is 11.5 Å². The van der Waals surface area contributed by atoms with Gasteiger partial charge in [-0.05, 0) is 97.1 Å². The minimum Gasteiger partial charge on any atom is -0.491 e. The van der Waals surface area contributed by atoms with Gasteiger partial charge in [0.05, 0.1) is 25.6 Å². The van der Waals surface area contributed by atoms with Crippen LogP contribution in [-0.2, 0) is 19.1 Å². The van der Waals surface area contributed by atoms with Gasteiger partial charge in [-0.3, -0.25) is 9.59 Å². The summed E-state index contributed by atoms with van der Waals surface area (Å²) in [6.07, 6.45) is 4.48. The van der Waals surface area contributed by atoms with Gasteiger partial charge in [0.25, 0.3) is 0 Å². The van der Waals surface area contributed by atoms with Crippen LogP contribution in [0.5, 0.6) is 11.5 Å². The molecule has 6 rings (SSSR count). The van der Waals surface area contributed by atoms with Crippen LogP contribution in [-0.4, -0.2) is 72.4 Å². The summed E-state index contributed by atoms with van der Waals surface area (Å²) >= 11 is 0. The van der Waals surface area contributed by atoms with Gasteiger partial charge in [0.1, 0.15) is 24.7 Å². The smallest absolute Gasteiger partial charge is 0.247 e. The van der Waals surface area contributed by atoms with Crippen LogP contribution in [0.2, 0.25) is 0 Å². The van der Waals surface area contributed by atoms with E-state index in [9.17, 15) is 18.4 Å².